The molecule has 0 spiro atoms. The van der Waals surface area contributed by atoms with E-state index in [2.05, 4.69) is 11.6 Å². The van der Waals surface area contributed by atoms with Crippen molar-refractivity contribution < 1.29 is 18.5 Å². The number of hydrogen-bond acceptors (Lipinski definition) is 5. The molecule has 1 aromatic heterocycles. The Bertz CT molecular complexity index is 866. The fourth-order valence-electron chi connectivity index (χ4n) is 2.90. The summed E-state index contributed by atoms with van der Waals surface area (Å²) < 4.78 is 23.7. The molecule has 0 saturated carbocycles. The SMILES string of the molecule is C=C/N=C(/Oc1ccc(B2OC(C)(C)C(C)(C)O2)c(C)c1)c1ccoc1C. The van der Waals surface area contributed by atoms with Crippen molar-refractivity contribution in [1.29, 1.82) is 0 Å². The van der Waals surface area contributed by atoms with Crippen LogP contribution in [0.2, 0.25) is 0 Å². The molecule has 1 saturated heterocycles. The molecular weight excluding hydrogens is 341 g/mol. The molecule has 2 aromatic rings. The monoisotopic (exact) mass is 367 g/mol. The van der Waals surface area contributed by atoms with Gasteiger partial charge in [0.15, 0.2) is 0 Å². The topological polar surface area (TPSA) is 53.2 Å². The van der Waals surface area contributed by atoms with Gasteiger partial charge in [-0.05, 0) is 70.8 Å². The van der Waals surface area contributed by atoms with Crippen LogP contribution in [0.4, 0.5) is 0 Å². The van der Waals surface area contributed by atoms with Crippen molar-refractivity contribution in [2.75, 3.05) is 0 Å². The van der Waals surface area contributed by atoms with Crippen LogP contribution in [0.3, 0.4) is 0 Å². The zero-order valence-corrected chi connectivity index (χ0v) is 16.8. The lowest BCUT2D eigenvalue weighted by atomic mass is 9.76. The summed E-state index contributed by atoms with van der Waals surface area (Å²) in [7, 11) is -0.401. The van der Waals surface area contributed by atoms with E-state index in [4.69, 9.17) is 18.5 Å². The van der Waals surface area contributed by atoms with Crippen LogP contribution in [0.5, 0.6) is 5.75 Å². The number of aliphatic imine (C=N–C) groups is 1. The molecule has 0 N–H and O–H groups in total. The van der Waals surface area contributed by atoms with Gasteiger partial charge in [-0.3, -0.25) is 0 Å². The summed E-state index contributed by atoms with van der Waals surface area (Å²) in [6.07, 6.45) is 3.06. The molecule has 1 aliphatic rings. The van der Waals surface area contributed by atoms with E-state index >= 15 is 0 Å². The number of hydrogen-bond donors (Lipinski definition) is 0. The van der Waals surface area contributed by atoms with Crippen molar-refractivity contribution in [2.24, 2.45) is 4.99 Å². The average molecular weight is 367 g/mol. The number of aryl methyl sites for hydroxylation is 2. The van der Waals surface area contributed by atoms with Crippen molar-refractivity contribution in [3.8, 4) is 5.75 Å². The lowest BCUT2D eigenvalue weighted by molar-refractivity contribution is 0.00578. The number of furan rings is 1. The third-order valence-electron chi connectivity index (χ3n) is 5.26. The Labute approximate surface area is 161 Å². The summed E-state index contributed by atoms with van der Waals surface area (Å²) in [6, 6.07) is 7.64. The summed E-state index contributed by atoms with van der Waals surface area (Å²) in [5.74, 6) is 1.86. The molecule has 0 atom stereocenters. The van der Waals surface area contributed by atoms with Crippen LogP contribution in [0.25, 0.3) is 0 Å². The van der Waals surface area contributed by atoms with Crippen molar-refractivity contribution in [3.63, 3.8) is 0 Å². The Kier molecular flexibility index (Phi) is 5.06. The molecule has 3 rings (SSSR count). The van der Waals surface area contributed by atoms with Gasteiger partial charge < -0.3 is 18.5 Å². The van der Waals surface area contributed by atoms with Crippen LogP contribution in [0.1, 0.15) is 44.6 Å². The second-order valence-corrected chi connectivity index (χ2v) is 7.72. The van der Waals surface area contributed by atoms with Gasteiger partial charge in [0, 0.05) is 6.20 Å². The molecule has 6 heteroatoms. The normalized spacial score (nSPS) is 18.6. The molecule has 0 aliphatic carbocycles. The molecule has 27 heavy (non-hydrogen) atoms. The minimum absolute atomic E-state index is 0.373. The Morgan fingerprint density at radius 3 is 2.30 bits per heavy atom. The maximum absolute atomic E-state index is 6.15. The molecule has 1 fully saturated rings. The minimum atomic E-state index is -0.401. The fraction of sp³-hybridized carbons (Fsp3) is 0.381. The predicted octanol–water partition coefficient (Wildman–Crippen LogP) is 4.16. The van der Waals surface area contributed by atoms with Gasteiger partial charge in [0.1, 0.15) is 11.5 Å². The highest BCUT2D eigenvalue weighted by Crippen LogP contribution is 2.36. The van der Waals surface area contributed by atoms with E-state index in [1.807, 2.05) is 65.8 Å². The molecule has 0 radical (unpaired) electrons. The van der Waals surface area contributed by atoms with Crippen LogP contribution in [0, 0.1) is 13.8 Å². The fourth-order valence-corrected chi connectivity index (χ4v) is 2.90. The maximum Gasteiger partial charge on any atom is 0.495 e. The van der Waals surface area contributed by atoms with Gasteiger partial charge in [-0.1, -0.05) is 12.6 Å². The summed E-state index contributed by atoms with van der Waals surface area (Å²) in [5, 5.41) is 0. The van der Waals surface area contributed by atoms with Gasteiger partial charge >= 0.3 is 7.12 Å². The average Bonchev–Trinajstić information content (AvgIpc) is 3.07. The first-order valence-electron chi connectivity index (χ1n) is 9.02. The molecule has 0 amide bonds. The van der Waals surface area contributed by atoms with Crippen LogP contribution in [-0.2, 0) is 9.31 Å². The second kappa shape index (κ2) is 7.02. The van der Waals surface area contributed by atoms with Crippen molar-refractivity contribution in [1.82, 2.24) is 0 Å². The van der Waals surface area contributed by atoms with E-state index in [0.29, 0.717) is 11.6 Å². The number of benzene rings is 1. The zero-order chi connectivity index (χ0) is 19.8. The van der Waals surface area contributed by atoms with Crippen LogP contribution in [-0.4, -0.2) is 24.2 Å². The number of ether oxygens (including phenoxy) is 1. The van der Waals surface area contributed by atoms with E-state index in [1.165, 1.54) is 6.20 Å². The summed E-state index contributed by atoms with van der Waals surface area (Å²) in [4.78, 5) is 4.24. The van der Waals surface area contributed by atoms with Crippen LogP contribution >= 0.6 is 0 Å². The third-order valence-corrected chi connectivity index (χ3v) is 5.26. The third kappa shape index (κ3) is 3.73. The van der Waals surface area contributed by atoms with Gasteiger partial charge in [0.25, 0.3) is 0 Å². The molecule has 1 aromatic carbocycles. The molecule has 5 nitrogen and oxygen atoms in total. The van der Waals surface area contributed by atoms with Crippen LogP contribution < -0.4 is 10.2 Å². The van der Waals surface area contributed by atoms with Gasteiger partial charge in [-0.2, -0.15) is 0 Å². The highest BCUT2D eigenvalue weighted by Gasteiger charge is 2.52. The van der Waals surface area contributed by atoms with Crippen molar-refractivity contribution in [2.45, 2.75) is 52.7 Å². The van der Waals surface area contributed by atoms with Crippen molar-refractivity contribution >= 4 is 18.5 Å². The number of nitrogens with zero attached hydrogens (tertiary/aromatic N) is 1. The summed E-state index contributed by atoms with van der Waals surface area (Å²) >= 11 is 0. The van der Waals surface area contributed by atoms with E-state index in [1.54, 1.807) is 6.26 Å². The minimum Gasteiger partial charge on any atom is -0.469 e. The second-order valence-electron chi connectivity index (χ2n) is 7.72. The summed E-state index contributed by atoms with van der Waals surface area (Å²) in [6.45, 7) is 15.7. The first-order valence-corrected chi connectivity index (χ1v) is 9.02. The first kappa shape index (κ1) is 19.5. The first-order chi connectivity index (χ1) is 12.6. The molecular formula is C21H26BNO4. The van der Waals surface area contributed by atoms with E-state index in [0.717, 1.165) is 22.3 Å². The molecule has 142 valence electrons. The van der Waals surface area contributed by atoms with Gasteiger partial charge in [-0.25, -0.2) is 4.99 Å². The molecule has 0 bridgehead atoms. The van der Waals surface area contributed by atoms with Gasteiger partial charge in [0.05, 0.1) is 23.0 Å². The standard InChI is InChI=1S/C21H26BNO4/c1-8-23-19(17-11-12-24-15(17)3)25-16-9-10-18(14(2)13-16)22-26-20(4,5)21(6,7)27-22/h8-13H,1H2,2-7H3/b23-19+. The Hall–Kier alpha value is -2.31. The van der Waals surface area contributed by atoms with Crippen LogP contribution in [0.15, 0.2) is 52.7 Å². The Morgan fingerprint density at radius 2 is 1.78 bits per heavy atom. The lowest BCUT2D eigenvalue weighted by Gasteiger charge is -2.32. The van der Waals surface area contributed by atoms with E-state index < -0.39 is 7.12 Å². The van der Waals surface area contributed by atoms with E-state index in [9.17, 15) is 0 Å². The maximum atomic E-state index is 6.15. The number of rotatable bonds is 4. The quantitative estimate of drug-likeness (QED) is 0.463. The lowest BCUT2D eigenvalue weighted by Crippen LogP contribution is -2.41. The highest BCUT2D eigenvalue weighted by atomic mass is 16.7. The van der Waals surface area contributed by atoms with Gasteiger partial charge in [0.2, 0.25) is 5.90 Å². The highest BCUT2D eigenvalue weighted by molar-refractivity contribution is 6.62. The zero-order valence-electron chi connectivity index (χ0n) is 16.8. The van der Waals surface area contributed by atoms with E-state index in [-0.39, 0.29) is 11.2 Å². The molecule has 1 aliphatic heterocycles. The molecule has 2 heterocycles. The smallest absolute Gasteiger partial charge is 0.469 e. The Morgan fingerprint density at radius 1 is 1.11 bits per heavy atom. The van der Waals surface area contributed by atoms with Crippen molar-refractivity contribution in [3.05, 3.63) is 60.2 Å². The molecule has 0 unspecified atom stereocenters. The van der Waals surface area contributed by atoms with Gasteiger partial charge in [-0.15, -0.1) is 0 Å². The Balaban J connectivity index is 1.84. The predicted molar refractivity (Wildman–Crippen MR) is 108 cm³/mol. The largest absolute Gasteiger partial charge is 0.495 e. The summed E-state index contributed by atoms with van der Waals surface area (Å²) in [5.41, 5.74) is 2.06.